The van der Waals surface area contributed by atoms with Gasteiger partial charge in [0.15, 0.2) is 5.89 Å². The van der Waals surface area contributed by atoms with E-state index in [1.807, 2.05) is 0 Å². The lowest BCUT2D eigenvalue weighted by atomic mass is 10.2. The van der Waals surface area contributed by atoms with Crippen LogP contribution >= 0.6 is 12.2 Å². The molecule has 6 heteroatoms. The number of hydrogen-bond acceptors (Lipinski definition) is 4. The molecule has 0 radical (unpaired) electrons. The molecule has 0 saturated heterocycles. The topological polar surface area (TPSA) is 72.4 Å². The van der Waals surface area contributed by atoms with Crippen LogP contribution < -0.4 is 5.73 Å². The van der Waals surface area contributed by atoms with Gasteiger partial charge in [0.25, 0.3) is 5.91 Å². The number of carbonyl (C=O) groups excluding carboxylic acids is 1. The van der Waals surface area contributed by atoms with Crippen molar-refractivity contribution in [2.45, 2.75) is 34.1 Å². The summed E-state index contributed by atoms with van der Waals surface area (Å²) in [6.07, 6.45) is 0.514. The highest BCUT2D eigenvalue weighted by Crippen LogP contribution is 2.14. The molecule has 5 nitrogen and oxygen atoms in total. The first-order valence-corrected chi connectivity index (χ1v) is 6.73. The molecule has 0 aliphatic rings. The van der Waals surface area contributed by atoms with Gasteiger partial charge in [-0.3, -0.25) is 4.79 Å². The molecule has 2 N–H and O–H groups in total. The Morgan fingerprint density at radius 3 is 2.53 bits per heavy atom. The molecular weight excluding hydrogens is 262 g/mol. The third-order valence-electron chi connectivity index (χ3n) is 2.60. The number of amides is 1. The van der Waals surface area contributed by atoms with Crippen molar-refractivity contribution in [2.75, 3.05) is 13.1 Å². The first-order valence-electron chi connectivity index (χ1n) is 6.32. The Bertz CT molecular complexity index is 468. The van der Waals surface area contributed by atoms with Crippen molar-refractivity contribution < 1.29 is 9.21 Å². The monoisotopic (exact) mass is 283 g/mol. The maximum atomic E-state index is 12.4. The molecule has 0 aliphatic heterocycles. The van der Waals surface area contributed by atoms with E-state index in [4.69, 9.17) is 22.4 Å². The number of carbonyl (C=O) groups is 1. The number of hydrogen-bond donors (Lipinski definition) is 1. The maximum Gasteiger partial charge on any atom is 0.291 e. The van der Waals surface area contributed by atoms with Gasteiger partial charge in [-0.05, 0) is 12.8 Å². The Labute approximate surface area is 119 Å². The zero-order chi connectivity index (χ0) is 14.6. The van der Waals surface area contributed by atoms with E-state index in [-0.39, 0.29) is 5.91 Å². The number of nitrogens with zero attached hydrogens (tertiary/aromatic N) is 2. The van der Waals surface area contributed by atoms with E-state index in [9.17, 15) is 4.79 Å². The van der Waals surface area contributed by atoms with E-state index in [1.54, 1.807) is 18.7 Å². The molecule has 106 valence electrons. The fourth-order valence-electron chi connectivity index (χ4n) is 1.84. The average molecular weight is 283 g/mol. The van der Waals surface area contributed by atoms with Crippen LogP contribution in [0.2, 0.25) is 0 Å². The molecule has 0 aliphatic carbocycles. The molecule has 1 amide bonds. The molecular formula is C13H21N3O2S. The first kappa shape index (κ1) is 15.6. The fourth-order valence-corrected chi connectivity index (χ4v) is 1.93. The van der Waals surface area contributed by atoms with Crippen LogP contribution in [0.3, 0.4) is 0 Å². The van der Waals surface area contributed by atoms with Crippen molar-refractivity contribution in [3.8, 4) is 0 Å². The highest BCUT2D eigenvalue weighted by atomic mass is 32.1. The standard InChI is InChI=1S/C13H21N3O2S/c1-8(2)7-16(6-5-11(14)19)13(17)12-9(3)15-10(4)18-12/h8H,5-7H2,1-4H3,(H2,14,19). The number of nitrogens with two attached hydrogens (primary N) is 1. The Hall–Kier alpha value is -1.43. The van der Waals surface area contributed by atoms with Crippen LogP contribution in [-0.4, -0.2) is 33.9 Å². The third-order valence-corrected chi connectivity index (χ3v) is 2.80. The maximum absolute atomic E-state index is 12.4. The molecule has 0 saturated carbocycles. The summed E-state index contributed by atoms with van der Waals surface area (Å²) >= 11 is 4.86. The number of oxazole rings is 1. The van der Waals surface area contributed by atoms with Crippen LogP contribution in [0.1, 0.15) is 42.4 Å². The van der Waals surface area contributed by atoms with Crippen molar-refractivity contribution in [3.63, 3.8) is 0 Å². The van der Waals surface area contributed by atoms with Gasteiger partial charge < -0.3 is 15.1 Å². The van der Waals surface area contributed by atoms with Gasteiger partial charge in [-0.15, -0.1) is 0 Å². The molecule has 1 heterocycles. The zero-order valence-electron chi connectivity index (χ0n) is 11.9. The van der Waals surface area contributed by atoms with Crippen molar-refractivity contribution in [2.24, 2.45) is 11.7 Å². The Kier molecular flexibility index (Phi) is 5.47. The summed E-state index contributed by atoms with van der Waals surface area (Å²) in [4.78, 5) is 18.7. The van der Waals surface area contributed by atoms with Gasteiger partial charge in [-0.2, -0.15) is 0 Å². The van der Waals surface area contributed by atoms with Crippen molar-refractivity contribution in [3.05, 3.63) is 17.3 Å². The highest BCUT2D eigenvalue weighted by molar-refractivity contribution is 7.80. The molecule has 1 aromatic rings. The Morgan fingerprint density at radius 2 is 2.11 bits per heavy atom. The summed E-state index contributed by atoms with van der Waals surface area (Å²) in [7, 11) is 0. The molecule has 1 aromatic heterocycles. The van der Waals surface area contributed by atoms with E-state index in [2.05, 4.69) is 18.8 Å². The quantitative estimate of drug-likeness (QED) is 0.809. The van der Waals surface area contributed by atoms with Gasteiger partial charge in [0.1, 0.15) is 0 Å². The predicted octanol–water partition coefficient (Wildman–Crippen LogP) is 2.07. The van der Waals surface area contributed by atoms with Gasteiger partial charge >= 0.3 is 0 Å². The van der Waals surface area contributed by atoms with E-state index in [0.717, 1.165) is 0 Å². The second-order valence-electron chi connectivity index (χ2n) is 5.01. The Balaban J connectivity index is 2.86. The molecule has 0 fully saturated rings. The van der Waals surface area contributed by atoms with Gasteiger partial charge in [0, 0.05) is 26.4 Å². The van der Waals surface area contributed by atoms with E-state index in [1.165, 1.54) is 0 Å². The van der Waals surface area contributed by atoms with Crippen LogP contribution in [0, 0.1) is 19.8 Å². The molecule has 19 heavy (non-hydrogen) atoms. The summed E-state index contributed by atoms with van der Waals surface area (Å²) in [5.41, 5.74) is 6.12. The fraction of sp³-hybridized carbons (Fsp3) is 0.615. The Morgan fingerprint density at radius 1 is 1.47 bits per heavy atom. The number of rotatable bonds is 6. The van der Waals surface area contributed by atoms with Crippen LogP contribution in [-0.2, 0) is 0 Å². The largest absolute Gasteiger partial charge is 0.436 e. The second-order valence-corrected chi connectivity index (χ2v) is 5.53. The molecule has 0 unspecified atom stereocenters. The van der Waals surface area contributed by atoms with Crippen molar-refractivity contribution in [1.29, 1.82) is 0 Å². The summed E-state index contributed by atoms with van der Waals surface area (Å²) in [5, 5.41) is 0. The minimum Gasteiger partial charge on any atom is -0.436 e. The smallest absolute Gasteiger partial charge is 0.291 e. The number of thiocarbonyl (C=S) groups is 1. The molecule has 0 atom stereocenters. The third kappa shape index (κ3) is 4.63. The van der Waals surface area contributed by atoms with Crippen molar-refractivity contribution >= 4 is 23.1 Å². The lowest BCUT2D eigenvalue weighted by Gasteiger charge is -2.23. The highest BCUT2D eigenvalue weighted by Gasteiger charge is 2.23. The van der Waals surface area contributed by atoms with Gasteiger partial charge in [0.2, 0.25) is 5.76 Å². The number of aromatic nitrogens is 1. The SMILES string of the molecule is Cc1nc(C)c(C(=O)N(CCC(N)=S)CC(C)C)o1. The zero-order valence-corrected chi connectivity index (χ0v) is 12.7. The first-order chi connectivity index (χ1) is 8.81. The van der Waals surface area contributed by atoms with Crippen LogP contribution in [0.15, 0.2) is 4.42 Å². The average Bonchev–Trinajstić information content (AvgIpc) is 2.62. The van der Waals surface area contributed by atoms with Crippen LogP contribution in [0.25, 0.3) is 0 Å². The lowest BCUT2D eigenvalue weighted by Crippen LogP contribution is -2.36. The number of aryl methyl sites for hydroxylation is 2. The summed E-state index contributed by atoms with van der Waals surface area (Å²) in [5.74, 6) is 1.02. The van der Waals surface area contributed by atoms with E-state index < -0.39 is 0 Å². The van der Waals surface area contributed by atoms with Crippen LogP contribution in [0.4, 0.5) is 0 Å². The minimum absolute atomic E-state index is 0.150. The molecule has 0 bridgehead atoms. The lowest BCUT2D eigenvalue weighted by molar-refractivity contribution is 0.0706. The van der Waals surface area contributed by atoms with Gasteiger partial charge in [-0.25, -0.2) is 4.98 Å². The minimum atomic E-state index is -0.150. The summed E-state index contributed by atoms with van der Waals surface area (Å²) in [6, 6.07) is 0. The van der Waals surface area contributed by atoms with Gasteiger partial charge in [-0.1, -0.05) is 26.1 Å². The summed E-state index contributed by atoms with van der Waals surface area (Å²) < 4.78 is 5.38. The van der Waals surface area contributed by atoms with Crippen LogP contribution in [0.5, 0.6) is 0 Å². The second kappa shape index (κ2) is 6.65. The molecule has 0 aromatic carbocycles. The van der Waals surface area contributed by atoms with Gasteiger partial charge in [0.05, 0.1) is 10.7 Å². The van der Waals surface area contributed by atoms with E-state index in [0.29, 0.717) is 47.8 Å². The predicted molar refractivity (Wildman–Crippen MR) is 78.1 cm³/mol. The van der Waals surface area contributed by atoms with E-state index >= 15 is 0 Å². The molecule has 0 spiro atoms. The normalized spacial score (nSPS) is 10.8. The molecule has 1 rings (SSSR count). The van der Waals surface area contributed by atoms with Crippen molar-refractivity contribution in [1.82, 2.24) is 9.88 Å². The summed E-state index contributed by atoms with van der Waals surface area (Å²) in [6.45, 7) is 8.75.